The van der Waals surface area contributed by atoms with Crippen LogP contribution in [0.3, 0.4) is 0 Å². The van der Waals surface area contributed by atoms with Crippen molar-refractivity contribution in [1.82, 2.24) is 9.62 Å². The van der Waals surface area contributed by atoms with Crippen molar-refractivity contribution in [3.05, 3.63) is 54.1 Å². The molecule has 1 aromatic carbocycles. The Balaban J connectivity index is 2.34. The fraction of sp³-hybridized carbons (Fsp3) is 0.381. The zero-order chi connectivity index (χ0) is 24.9. The number of phenolic OH excluding ortho intramolecular Hbond substituents is 1. The van der Waals surface area contributed by atoms with Crippen LogP contribution in [0, 0.1) is 0 Å². The van der Waals surface area contributed by atoms with Crippen LogP contribution >= 0.6 is 0 Å². The van der Waals surface area contributed by atoms with Crippen LogP contribution in [0.15, 0.2) is 56.5 Å². The van der Waals surface area contributed by atoms with Crippen molar-refractivity contribution in [2.75, 3.05) is 19.4 Å². The second-order valence-electron chi connectivity index (χ2n) is 7.80. The van der Waals surface area contributed by atoms with Crippen LogP contribution in [0.2, 0.25) is 0 Å². The third-order valence-electron chi connectivity index (χ3n) is 4.88. The van der Waals surface area contributed by atoms with Gasteiger partial charge in [0.05, 0.1) is 23.7 Å². The summed E-state index contributed by atoms with van der Waals surface area (Å²) in [6.45, 7) is 10.0. The van der Waals surface area contributed by atoms with Gasteiger partial charge in [-0.05, 0) is 40.5 Å². The summed E-state index contributed by atoms with van der Waals surface area (Å²) in [6.07, 6.45) is 2.34. The van der Waals surface area contributed by atoms with E-state index in [1.807, 2.05) is 13.0 Å². The van der Waals surface area contributed by atoms with E-state index in [1.54, 1.807) is 6.26 Å². The number of aromatic hydroxyl groups is 1. The lowest BCUT2D eigenvalue weighted by Gasteiger charge is -2.20. The zero-order valence-electron chi connectivity index (χ0n) is 19.3. The molecule has 2 rings (SSSR count). The molecule has 0 aliphatic carbocycles. The summed E-state index contributed by atoms with van der Waals surface area (Å²) >= 11 is -2.10. The Bertz CT molecular complexity index is 1110. The Morgan fingerprint density at radius 2 is 2.06 bits per heavy atom. The lowest BCUT2D eigenvalue weighted by molar-refractivity contribution is 0.428. The number of benzene rings is 1. The molecule has 0 aliphatic heterocycles. The summed E-state index contributed by atoms with van der Waals surface area (Å²) in [5, 5.41) is 21.9. The molecule has 1 unspecified atom stereocenters. The van der Waals surface area contributed by atoms with E-state index in [1.165, 1.54) is 32.3 Å². The molecule has 10 nitrogen and oxygen atoms in total. The molecule has 5 N–H and O–H groups in total. The molecule has 0 saturated carbocycles. The molecule has 33 heavy (non-hydrogen) atoms. The minimum atomic E-state index is -3.90. The molecule has 0 amide bonds. The van der Waals surface area contributed by atoms with E-state index in [2.05, 4.69) is 35.5 Å². The van der Waals surface area contributed by atoms with Crippen LogP contribution < -0.4 is 15.8 Å². The summed E-state index contributed by atoms with van der Waals surface area (Å²) in [5.74, 6) is 0.446. The first-order valence-corrected chi connectivity index (χ1v) is 12.8. The van der Waals surface area contributed by atoms with Crippen molar-refractivity contribution in [2.24, 2.45) is 9.54 Å². The fourth-order valence-electron chi connectivity index (χ4n) is 2.91. The fourth-order valence-corrected chi connectivity index (χ4v) is 4.24. The van der Waals surface area contributed by atoms with Crippen LogP contribution in [0.25, 0.3) is 0 Å². The van der Waals surface area contributed by atoms with Gasteiger partial charge in [0.15, 0.2) is 17.3 Å². The van der Waals surface area contributed by atoms with Crippen molar-refractivity contribution >= 4 is 33.1 Å². The number of nitrogens with two attached hydrogens (primary N) is 1. The molecular formula is C21H31N5O5S2. The third-order valence-corrected chi connectivity index (χ3v) is 7.09. The van der Waals surface area contributed by atoms with E-state index in [9.17, 15) is 18.1 Å². The molecule has 0 aliphatic rings. The van der Waals surface area contributed by atoms with Gasteiger partial charge in [-0.1, -0.05) is 33.4 Å². The highest BCUT2D eigenvalue weighted by atomic mass is 32.2. The third kappa shape index (κ3) is 6.51. The normalized spacial score (nSPS) is 14.4. The summed E-state index contributed by atoms with van der Waals surface area (Å²) < 4.78 is 47.2. The van der Waals surface area contributed by atoms with Crippen molar-refractivity contribution in [1.29, 1.82) is 0 Å². The predicted molar refractivity (Wildman–Crippen MR) is 130 cm³/mol. The molecule has 1 aromatic heterocycles. The number of rotatable bonds is 10. The van der Waals surface area contributed by atoms with Gasteiger partial charge in [-0.2, -0.15) is 0 Å². The average molecular weight is 498 g/mol. The van der Waals surface area contributed by atoms with Crippen LogP contribution in [0.4, 0.5) is 5.69 Å². The van der Waals surface area contributed by atoms with Gasteiger partial charge in [-0.15, -0.1) is 5.14 Å². The Kier molecular flexibility index (Phi) is 8.97. The van der Waals surface area contributed by atoms with Gasteiger partial charge in [0, 0.05) is 14.1 Å². The number of hydrogen-bond donors (Lipinski definition) is 4. The van der Waals surface area contributed by atoms with E-state index < -0.39 is 27.3 Å². The Morgan fingerprint density at radius 3 is 2.58 bits per heavy atom. The van der Waals surface area contributed by atoms with Crippen molar-refractivity contribution in [2.45, 2.75) is 44.0 Å². The number of anilines is 1. The van der Waals surface area contributed by atoms with Gasteiger partial charge in [0.25, 0.3) is 0 Å². The van der Waals surface area contributed by atoms with Crippen molar-refractivity contribution in [3.63, 3.8) is 0 Å². The van der Waals surface area contributed by atoms with Gasteiger partial charge in [-0.25, -0.2) is 12.7 Å². The van der Waals surface area contributed by atoms with Crippen molar-refractivity contribution in [3.8, 4) is 5.75 Å². The number of nitrogens with zero attached hydrogens (tertiary/aromatic N) is 2. The minimum Gasteiger partial charge on any atom is -0.572 e. The number of furan rings is 1. The number of amidine groups is 1. The molecule has 12 heteroatoms. The van der Waals surface area contributed by atoms with E-state index in [0.29, 0.717) is 18.1 Å². The molecule has 1 heterocycles. The predicted octanol–water partition coefficient (Wildman–Crippen LogP) is 2.96. The minimum absolute atomic E-state index is 0.0261. The van der Waals surface area contributed by atoms with E-state index in [-0.39, 0.29) is 28.2 Å². The number of nitrogens with one attached hydrogen (secondary N) is 2. The Labute approximate surface area is 198 Å². The van der Waals surface area contributed by atoms with Crippen LogP contribution in [-0.2, 0) is 21.6 Å². The molecule has 2 atom stereocenters. The number of para-hydroxylation sites is 1. The average Bonchev–Trinajstić information content (AvgIpc) is 3.22. The van der Waals surface area contributed by atoms with Gasteiger partial charge in [0.2, 0.25) is 15.9 Å². The lowest BCUT2D eigenvalue weighted by atomic mass is 10.1. The largest absolute Gasteiger partial charge is 0.572 e. The van der Waals surface area contributed by atoms with Crippen LogP contribution in [-0.4, -0.2) is 42.3 Å². The molecule has 182 valence electrons. The summed E-state index contributed by atoms with van der Waals surface area (Å²) in [5.41, 5.74) is 1.30. The van der Waals surface area contributed by atoms with E-state index in [4.69, 9.17) is 9.56 Å². The van der Waals surface area contributed by atoms with Gasteiger partial charge >= 0.3 is 0 Å². The highest BCUT2D eigenvalue weighted by molar-refractivity contribution is 7.89. The number of hydrogen-bond acceptors (Lipinski definition) is 8. The van der Waals surface area contributed by atoms with Gasteiger partial charge < -0.3 is 24.7 Å². The van der Waals surface area contributed by atoms with E-state index >= 15 is 0 Å². The molecular weight excluding hydrogens is 466 g/mol. The van der Waals surface area contributed by atoms with Crippen molar-refractivity contribution < 1.29 is 22.5 Å². The first-order chi connectivity index (χ1) is 15.4. The second kappa shape index (κ2) is 11.1. The molecule has 0 spiro atoms. The Morgan fingerprint density at radius 1 is 1.39 bits per heavy atom. The molecule has 2 aromatic rings. The summed E-state index contributed by atoms with van der Waals surface area (Å²) in [6, 6.07) is 5.86. The molecule has 0 bridgehead atoms. The topological polar surface area (TPSA) is 156 Å². The van der Waals surface area contributed by atoms with E-state index in [0.717, 1.165) is 9.87 Å². The van der Waals surface area contributed by atoms with Gasteiger partial charge in [0.1, 0.15) is 10.7 Å². The maximum Gasteiger partial charge on any atom is 0.246 e. The van der Waals surface area contributed by atoms with Crippen LogP contribution in [0.1, 0.15) is 50.5 Å². The molecule has 0 fully saturated rings. The summed E-state index contributed by atoms with van der Waals surface area (Å²) in [7, 11) is -1.19. The smallest absolute Gasteiger partial charge is 0.246 e. The quantitative estimate of drug-likeness (QED) is 0.169. The maximum atomic E-state index is 12.5. The number of sulfonamides is 1. The van der Waals surface area contributed by atoms with Gasteiger partial charge in [-0.3, -0.25) is 0 Å². The lowest BCUT2D eigenvalue weighted by Crippen LogP contribution is -2.30. The first kappa shape index (κ1) is 26.7. The van der Waals surface area contributed by atoms with Crippen LogP contribution in [0.5, 0.6) is 5.75 Å². The standard InChI is InChI=1S/C21H31N5O5S2/c1-7-16(18-11-15(12-31-18)13(2)3)23-14(4)21(25-32(22)28)24-17-9-8-10-19(20(17)27)33(29,30)26(5)6/h8-13,16,23,27H,4,7,22H2,1-3,5-6H3,(H,24,25)/t16-,32?/m1/s1. The Hall–Kier alpha value is -2.51. The molecule has 0 saturated heterocycles. The maximum absolute atomic E-state index is 12.5. The molecule has 0 radical (unpaired) electrons. The second-order valence-corrected chi connectivity index (χ2v) is 10.7. The SMILES string of the molecule is C=C(N[C@H](CC)c1cc(C(C)C)co1)C(=N[S+](N)[O-])Nc1cccc(S(=O)(=O)N(C)C)c1O. The monoisotopic (exact) mass is 497 g/mol. The summed E-state index contributed by atoms with van der Waals surface area (Å²) in [4.78, 5) is -0.299. The zero-order valence-corrected chi connectivity index (χ0v) is 21.0. The number of phenols is 1. The highest BCUT2D eigenvalue weighted by Gasteiger charge is 2.25. The first-order valence-electron chi connectivity index (χ1n) is 10.2. The highest BCUT2D eigenvalue weighted by Crippen LogP contribution is 2.33.